The van der Waals surface area contributed by atoms with Gasteiger partial charge in [-0.2, -0.15) is 0 Å². The predicted octanol–water partition coefficient (Wildman–Crippen LogP) is 5.14. The fourth-order valence-corrected chi connectivity index (χ4v) is 5.69. The molecule has 1 aliphatic heterocycles. The van der Waals surface area contributed by atoms with Crippen LogP contribution in [0.1, 0.15) is 58.8 Å². The first-order valence-electron chi connectivity index (χ1n) is 14.4. The van der Waals surface area contributed by atoms with Crippen molar-refractivity contribution in [2.24, 2.45) is 5.92 Å². The van der Waals surface area contributed by atoms with E-state index in [-0.39, 0.29) is 48.6 Å². The highest BCUT2D eigenvalue weighted by atomic mass is 35.5. The van der Waals surface area contributed by atoms with Gasteiger partial charge in [-0.25, -0.2) is 0 Å². The number of carbonyl (C=O) groups is 2. The number of aromatic hydroxyl groups is 2. The molecule has 44 heavy (non-hydrogen) atoms. The van der Waals surface area contributed by atoms with Gasteiger partial charge in [-0.3, -0.25) is 14.2 Å². The van der Waals surface area contributed by atoms with Gasteiger partial charge in [0.15, 0.2) is 11.5 Å². The van der Waals surface area contributed by atoms with Crippen LogP contribution in [0.3, 0.4) is 0 Å². The average Bonchev–Trinajstić information content (AvgIpc) is 3.40. The van der Waals surface area contributed by atoms with E-state index in [4.69, 9.17) is 16.3 Å². The van der Waals surface area contributed by atoms with Crippen LogP contribution in [0.5, 0.6) is 17.2 Å². The number of amides is 2. The van der Waals surface area contributed by atoms with Crippen molar-refractivity contribution in [3.63, 3.8) is 0 Å². The molecule has 2 amide bonds. The number of fused-ring (bicyclic) bond motifs is 3. The van der Waals surface area contributed by atoms with E-state index < -0.39 is 11.7 Å². The Bertz CT molecular complexity index is 1720. The number of nitrogens with zero attached hydrogens (tertiary/aromatic N) is 3. The number of benzene rings is 3. The lowest BCUT2D eigenvalue weighted by Gasteiger charge is -2.29. The van der Waals surface area contributed by atoms with Crippen LogP contribution in [0.4, 0.5) is 0 Å². The number of halogens is 1. The highest BCUT2D eigenvalue weighted by Gasteiger charge is 2.33. The topological polar surface area (TPSA) is 139 Å². The van der Waals surface area contributed by atoms with Crippen molar-refractivity contribution < 1.29 is 24.5 Å². The Balaban J connectivity index is 1.42. The minimum absolute atomic E-state index is 0.0486. The number of aryl methyl sites for hydroxylation is 1. The summed E-state index contributed by atoms with van der Waals surface area (Å²) >= 11 is 6.23. The highest BCUT2D eigenvalue weighted by Crippen LogP contribution is 2.42. The molecule has 0 saturated carbocycles. The number of phenols is 2. The number of methoxy groups -OCH3 is 1. The van der Waals surface area contributed by atoms with Gasteiger partial charge in [0.2, 0.25) is 5.91 Å². The van der Waals surface area contributed by atoms with Crippen LogP contribution in [0.25, 0.3) is 11.3 Å². The number of hydrogen-bond acceptors (Lipinski definition) is 7. The third kappa shape index (κ3) is 6.26. The second kappa shape index (κ2) is 13.2. The molecule has 2 heterocycles. The molecule has 228 valence electrons. The maximum Gasteiger partial charge on any atom is 0.255 e. The van der Waals surface area contributed by atoms with Crippen LogP contribution in [-0.2, 0) is 4.79 Å². The summed E-state index contributed by atoms with van der Waals surface area (Å²) in [7, 11) is 1.64. The lowest BCUT2D eigenvalue weighted by molar-refractivity contribution is -0.121. The van der Waals surface area contributed by atoms with Crippen molar-refractivity contribution in [2.75, 3.05) is 20.2 Å². The lowest BCUT2D eigenvalue weighted by Crippen LogP contribution is -2.36. The first kappa shape index (κ1) is 30.6. The van der Waals surface area contributed by atoms with Crippen LogP contribution >= 0.6 is 11.6 Å². The molecule has 0 fully saturated rings. The molecule has 3 aromatic carbocycles. The predicted molar refractivity (Wildman–Crippen MR) is 167 cm³/mol. The third-order valence-electron chi connectivity index (χ3n) is 7.84. The van der Waals surface area contributed by atoms with E-state index in [1.165, 1.54) is 18.2 Å². The molecule has 0 saturated heterocycles. The molecule has 2 unspecified atom stereocenters. The average molecular weight is 616 g/mol. The van der Waals surface area contributed by atoms with Gasteiger partial charge in [-0.15, -0.1) is 10.2 Å². The maximum absolute atomic E-state index is 13.3. The number of allylic oxidation sites excluding steroid dienone is 1. The molecular formula is C33H34ClN5O5. The number of para-hydroxylation sites is 1. The SMILES string of the molecule is CCC1C=C(c2ccc(Cl)cc2)c2cc(OC)ccc2-n2c(C)nnc2C1CC(=O)NCCNC(=O)c1cccc(O)c1O. The molecule has 5 rings (SSSR count). The van der Waals surface area contributed by atoms with E-state index in [9.17, 15) is 19.8 Å². The van der Waals surface area contributed by atoms with Crippen LogP contribution in [0, 0.1) is 12.8 Å². The minimum Gasteiger partial charge on any atom is -0.504 e. The van der Waals surface area contributed by atoms with Crippen molar-refractivity contribution in [1.82, 2.24) is 25.4 Å². The summed E-state index contributed by atoms with van der Waals surface area (Å²) in [6, 6.07) is 17.7. The van der Waals surface area contributed by atoms with Crippen molar-refractivity contribution in [1.29, 1.82) is 0 Å². The zero-order chi connectivity index (χ0) is 31.4. The molecule has 0 radical (unpaired) electrons. The maximum atomic E-state index is 13.3. The summed E-state index contributed by atoms with van der Waals surface area (Å²) in [6.45, 7) is 4.28. The van der Waals surface area contributed by atoms with Gasteiger partial charge in [0.05, 0.1) is 18.4 Å². The summed E-state index contributed by atoms with van der Waals surface area (Å²) in [4.78, 5) is 25.8. The van der Waals surface area contributed by atoms with E-state index in [1.54, 1.807) is 7.11 Å². The van der Waals surface area contributed by atoms with Gasteiger partial charge >= 0.3 is 0 Å². The standard InChI is InChI=1S/C33H34ClN5O5/c1-4-20-16-25(21-8-10-22(34)11-9-21)27-17-23(44-3)12-13-28(27)39-19(2)37-38-32(39)26(20)18-30(41)35-14-15-36-33(43)24-6-5-7-29(40)31(24)42/h5-13,16-17,20,26,40,42H,4,14-15,18H2,1-3H3,(H,35,41)(H,36,43). The summed E-state index contributed by atoms with van der Waals surface area (Å²) < 4.78 is 7.60. The number of aromatic nitrogens is 3. The first-order chi connectivity index (χ1) is 21.2. The summed E-state index contributed by atoms with van der Waals surface area (Å²) in [6.07, 6.45) is 3.09. The van der Waals surface area contributed by atoms with E-state index in [1.807, 2.05) is 54.0 Å². The van der Waals surface area contributed by atoms with E-state index >= 15 is 0 Å². The van der Waals surface area contributed by atoms with Crippen LogP contribution < -0.4 is 15.4 Å². The van der Waals surface area contributed by atoms with Crippen LogP contribution in [0.15, 0.2) is 66.7 Å². The Kier molecular flexibility index (Phi) is 9.20. The number of ether oxygens (including phenoxy) is 1. The molecule has 11 heteroatoms. The second-order valence-electron chi connectivity index (χ2n) is 10.6. The Labute approximate surface area is 260 Å². The van der Waals surface area contributed by atoms with Crippen LogP contribution in [0.2, 0.25) is 5.02 Å². The van der Waals surface area contributed by atoms with Crippen molar-refractivity contribution in [3.05, 3.63) is 100 Å². The van der Waals surface area contributed by atoms with Crippen molar-refractivity contribution >= 4 is 29.0 Å². The first-order valence-corrected chi connectivity index (χ1v) is 14.7. The highest BCUT2D eigenvalue weighted by molar-refractivity contribution is 6.30. The third-order valence-corrected chi connectivity index (χ3v) is 8.09. The molecule has 1 aliphatic rings. The Morgan fingerprint density at radius 2 is 1.77 bits per heavy atom. The molecule has 4 aromatic rings. The quantitative estimate of drug-likeness (QED) is 0.151. The van der Waals surface area contributed by atoms with Gasteiger partial charge in [0.1, 0.15) is 17.4 Å². The van der Waals surface area contributed by atoms with Crippen LogP contribution in [-0.4, -0.2) is 57.0 Å². The number of carbonyl (C=O) groups excluding carboxylic acids is 2. The fraction of sp³-hybridized carbons (Fsp3) is 0.273. The molecule has 2 atom stereocenters. The van der Waals surface area contributed by atoms with Gasteiger partial charge in [-0.1, -0.05) is 42.8 Å². The second-order valence-corrected chi connectivity index (χ2v) is 11.0. The van der Waals surface area contributed by atoms with E-state index in [0.29, 0.717) is 22.4 Å². The summed E-state index contributed by atoms with van der Waals surface area (Å²) in [5.74, 6) is 0.107. The lowest BCUT2D eigenvalue weighted by atomic mass is 9.81. The van der Waals surface area contributed by atoms with E-state index in [2.05, 4.69) is 33.8 Å². The zero-order valence-electron chi connectivity index (χ0n) is 24.7. The van der Waals surface area contributed by atoms with Gasteiger partial charge < -0.3 is 25.6 Å². The largest absolute Gasteiger partial charge is 0.504 e. The normalized spacial score (nSPS) is 15.7. The van der Waals surface area contributed by atoms with E-state index in [0.717, 1.165) is 28.8 Å². The molecule has 0 spiro atoms. The monoisotopic (exact) mass is 615 g/mol. The Morgan fingerprint density at radius 3 is 2.50 bits per heavy atom. The Hall–Kier alpha value is -4.83. The molecule has 0 aliphatic carbocycles. The summed E-state index contributed by atoms with van der Waals surface area (Å²) in [5, 5.41) is 34.8. The number of phenolic OH excluding ortho intramolecular Hbond substituents is 2. The molecule has 1 aromatic heterocycles. The Morgan fingerprint density at radius 1 is 1.02 bits per heavy atom. The van der Waals surface area contributed by atoms with Gasteiger partial charge in [-0.05, 0) is 72.9 Å². The fourth-order valence-electron chi connectivity index (χ4n) is 5.57. The van der Waals surface area contributed by atoms with Gasteiger partial charge in [0, 0.05) is 36.0 Å². The molecule has 0 bridgehead atoms. The summed E-state index contributed by atoms with van der Waals surface area (Å²) in [5.41, 5.74) is 3.75. The smallest absolute Gasteiger partial charge is 0.255 e. The number of hydrogen-bond donors (Lipinski definition) is 4. The molecule has 10 nitrogen and oxygen atoms in total. The van der Waals surface area contributed by atoms with Gasteiger partial charge in [0.25, 0.3) is 5.91 Å². The zero-order valence-corrected chi connectivity index (χ0v) is 25.4. The molecular weight excluding hydrogens is 582 g/mol. The van der Waals surface area contributed by atoms with Crippen molar-refractivity contribution in [3.8, 4) is 22.9 Å². The van der Waals surface area contributed by atoms with Crippen molar-refractivity contribution in [2.45, 2.75) is 32.6 Å². The molecule has 4 N–H and O–H groups in total. The number of rotatable bonds is 9. The minimum atomic E-state index is -0.558. The number of nitrogens with one attached hydrogen (secondary N) is 2.